The van der Waals surface area contributed by atoms with Gasteiger partial charge in [-0.25, -0.2) is 0 Å². The van der Waals surface area contributed by atoms with Gasteiger partial charge in [0.15, 0.2) is 0 Å². The van der Waals surface area contributed by atoms with Crippen LogP contribution >= 0.6 is 0 Å². The standard InChI is InChI=1S/C14H19F3N3/c1-2-19-5-7-20(8-6-19)10-11-3-4-12(18)9-13(11)14(15,16)17/h3-4,9,18H,2,5-8,10H2,1H3/q-1. The van der Waals surface area contributed by atoms with Crippen molar-refractivity contribution in [2.45, 2.75) is 19.6 Å². The van der Waals surface area contributed by atoms with E-state index in [2.05, 4.69) is 11.8 Å². The summed E-state index contributed by atoms with van der Waals surface area (Å²) in [5, 5.41) is 0. The quantitative estimate of drug-likeness (QED) is 0.851. The summed E-state index contributed by atoms with van der Waals surface area (Å²) < 4.78 is 39.0. The zero-order valence-corrected chi connectivity index (χ0v) is 11.5. The summed E-state index contributed by atoms with van der Waals surface area (Å²) in [7, 11) is 0. The summed E-state index contributed by atoms with van der Waals surface area (Å²) in [4.78, 5) is 4.33. The SMILES string of the molecule is CCN1CCN(Cc2ccc([NH-])cc2C(F)(F)F)CC1. The molecular weight excluding hydrogens is 267 g/mol. The van der Waals surface area contributed by atoms with Gasteiger partial charge in [-0.3, -0.25) is 4.90 Å². The lowest BCUT2D eigenvalue weighted by molar-refractivity contribution is -0.138. The maximum absolute atomic E-state index is 13.0. The Hall–Kier alpha value is -1.27. The number of nitrogens with one attached hydrogen (secondary N) is 1. The van der Waals surface area contributed by atoms with Gasteiger partial charge in [0.05, 0.1) is 5.56 Å². The number of likely N-dealkylation sites (N-methyl/N-ethyl adjacent to an activating group) is 1. The first kappa shape index (κ1) is 15.1. The second-order valence-electron chi connectivity index (χ2n) is 5.08. The second kappa shape index (κ2) is 6.01. The summed E-state index contributed by atoms with van der Waals surface area (Å²) >= 11 is 0. The molecule has 0 radical (unpaired) electrons. The Bertz CT molecular complexity index is 451. The Morgan fingerprint density at radius 2 is 1.70 bits per heavy atom. The van der Waals surface area contributed by atoms with Crippen LogP contribution in [0.3, 0.4) is 0 Å². The van der Waals surface area contributed by atoms with Crippen molar-refractivity contribution in [3.63, 3.8) is 0 Å². The summed E-state index contributed by atoms with van der Waals surface area (Å²) in [5.41, 5.74) is 6.85. The molecule has 0 saturated carbocycles. The van der Waals surface area contributed by atoms with E-state index in [9.17, 15) is 13.2 Å². The molecule has 1 aliphatic heterocycles. The number of hydrogen-bond donors (Lipinski definition) is 0. The fourth-order valence-electron chi connectivity index (χ4n) is 2.48. The van der Waals surface area contributed by atoms with Gasteiger partial charge in [-0.05, 0) is 12.1 Å². The van der Waals surface area contributed by atoms with Crippen molar-refractivity contribution in [1.82, 2.24) is 9.80 Å². The van der Waals surface area contributed by atoms with Gasteiger partial charge < -0.3 is 10.6 Å². The first-order valence-corrected chi connectivity index (χ1v) is 6.76. The minimum atomic E-state index is -4.39. The Kier molecular flexibility index (Phi) is 4.55. The van der Waals surface area contributed by atoms with Gasteiger partial charge in [0, 0.05) is 32.7 Å². The fourth-order valence-corrected chi connectivity index (χ4v) is 2.48. The number of rotatable bonds is 3. The monoisotopic (exact) mass is 286 g/mol. The van der Waals surface area contributed by atoms with Crippen LogP contribution < -0.4 is 0 Å². The van der Waals surface area contributed by atoms with E-state index in [1.165, 1.54) is 12.1 Å². The molecule has 20 heavy (non-hydrogen) atoms. The summed E-state index contributed by atoms with van der Waals surface area (Å²) in [6.07, 6.45) is -4.39. The molecular formula is C14H19F3N3-. The smallest absolute Gasteiger partial charge is 0.416 e. The van der Waals surface area contributed by atoms with E-state index in [4.69, 9.17) is 5.73 Å². The van der Waals surface area contributed by atoms with Crippen molar-refractivity contribution >= 4 is 5.69 Å². The minimum absolute atomic E-state index is 0.100. The lowest BCUT2D eigenvalue weighted by Gasteiger charge is -2.34. The maximum atomic E-state index is 13.0. The summed E-state index contributed by atoms with van der Waals surface area (Å²) in [5.74, 6) is 0. The van der Waals surface area contributed by atoms with Gasteiger partial charge in [0.1, 0.15) is 0 Å². The Labute approximate surface area is 117 Å². The molecule has 0 spiro atoms. The molecule has 0 unspecified atom stereocenters. The van der Waals surface area contributed by atoms with Crippen molar-refractivity contribution in [3.8, 4) is 0 Å². The van der Waals surface area contributed by atoms with Crippen LogP contribution in [0.15, 0.2) is 18.2 Å². The topological polar surface area (TPSA) is 30.3 Å². The molecule has 1 N–H and O–H groups in total. The van der Waals surface area contributed by atoms with E-state index in [0.29, 0.717) is 6.54 Å². The number of benzene rings is 1. The third-order valence-electron chi connectivity index (χ3n) is 3.72. The number of piperazine rings is 1. The van der Waals surface area contributed by atoms with E-state index in [1.807, 2.05) is 4.90 Å². The second-order valence-corrected chi connectivity index (χ2v) is 5.08. The van der Waals surface area contributed by atoms with Gasteiger partial charge in [-0.2, -0.15) is 13.2 Å². The van der Waals surface area contributed by atoms with Gasteiger partial charge in [-0.15, -0.1) is 5.69 Å². The summed E-state index contributed by atoms with van der Waals surface area (Å²) in [6.45, 7) is 6.73. The zero-order chi connectivity index (χ0) is 14.8. The maximum Gasteiger partial charge on any atom is 0.416 e. The van der Waals surface area contributed by atoms with E-state index in [0.717, 1.165) is 38.8 Å². The normalized spacial score (nSPS) is 18.4. The highest BCUT2D eigenvalue weighted by atomic mass is 19.4. The molecule has 6 heteroatoms. The molecule has 0 bridgehead atoms. The molecule has 0 aliphatic carbocycles. The van der Waals surface area contributed by atoms with Gasteiger partial charge in [0.25, 0.3) is 0 Å². The van der Waals surface area contributed by atoms with E-state index in [1.54, 1.807) is 0 Å². The molecule has 1 aromatic rings. The van der Waals surface area contributed by atoms with Crippen molar-refractivity contribution in [3.05, 3.63) is 35.1 Å². The molecule has 3 nitrogen and oxygen atoms in total. The predicted octanol–water partition coefficient (Wildman–Crippen LogP) is 3.53. The van der Waals surface area contributed by atoms with Crippen molar-refractivity contribution < 1.29 is 13.2 Å². The average Bonchev–Trinajstić information content (AvgIpc) is 2.40. The number of nitrogens with zero attached hydrogens (tertiary/aromatic N) is 2. The van der Waals surface area contributed by atoms with Crippen LogP contribution in [-0.2, 0) is 12.7 Å². The van der Waals surface area contributed by atoms with E-state index >= 15 is 0 Å². The van der Waals surface area contributed by atoms with Crippen LogP contribution in [0.25, 0.3) is 5.73 Å². The van der Waals surface area contributed by atoms with Crippen molar-refractivity contribution in [1.29, 1.82) is 0 Å². The Morgan fingerprint density at radius 3 is 2.25 bits per heavy atom. The fraction of sp³-hybridized carbons (Fsp3) is 0.571. The van der Waals surface area contributed by atoms with Gasteiger partial charge >= 0.3 is 6.18 Å². The molecule has 2 rings (SSSR count). The molecule has 1 saturated heterocycles. The third-order valence-corrected chi connectivity index (χ3v) is 3.72. The van der Waals surface area contributed by atoms with Gasteiger partial charge in [-0.1, -0.05) is 25.1 Å². The van der Waals surface area contributed by atoms with Crippen LogP contribution in [0.2, 0.25) is 0 Å². The Morgan fingerprint density at radius 1 is 1.10 bits per heavy atom. The highest BCUT2D eigenvalue weighted by Gasteiger charge is 2.33. The minimum Gasteiger partial charge on any atom is -0.699 e. The van der Waals surface area contributed by atoms with Crippen LogP contribution in [0, 0.1) is 0 Å². The lowest BCUT2D eigenvalue weighted by atomic mass is 10.1. The predicted molar refractivity (Wildman–Crippen MR) is 72.8 cm³/mol. The largest absolute Gasteiger partial charge is 0.699 e. The van der Waals surface area contributed by atoms with Crippen molar-refractivity contribution in [2.24, 2.45) is 0 Å². The van der Waals surface area contributed by atoms with Crippen LogP contribution in [-0.4, -0.2) is 42.5 Å². The number of halogens is 3. The first-order valence-electron chi connectivity index (χ1n) is 6.76. The molecule has 0 amide bonds. The zero-order valence-electron chi connectivity index (χ0n) is 11.5. The van der Waals surface area contributed by atoms with Crippen LogP contribution in [0.5, 0.6) is 0 Å². The van der Waals surface area contributed by atoms with Crippen LogP contribution in [0.1, 0.15) is 18.1 Å². The van der Waals surface area contributed by atoms with Gasteiger partial charge in [0.2, 0.25) is 0 Å². The highest BCUT2D eigenvalue weighted by molar-refractivity contribution is 5.49. The number of alkyl halides is 3. The van der Waals surface area contributed by atoms with Crippen molar-refractivity contribution in [2.75, 3.05) is 32.7 Å². The van der Waals surface area contributed by atoms with Crippen LogP contribution in [0.4, 0.5) is 18.9 Å². The lowest BCUT2D eigenvalue weighted by Crippen LogP contribution is -2.45. The molecule has 1 aromatic carbocycles. The molecule has 1 fully saturated rings. The first-order chi connectivity index (χ1) is 9.40. The molecule has 1 aliphatic rings. The van der Waals surface area contributed by atoms with E-state index < -0.39 is 11.7 Å². The molecule has 112 valence electrons. The molecule has 1 heterocycles. The third kappa shape index (κ3) is 3.64. The Balaban J connectivity index is 2.10. The molecule has 0 aromatic heterocycles. The molecule has 0 atom stereocenters. The summed E-state index contributed by atoms with van der Waals surface area (Å²) in [6, 6.07) is 3.77. The number of hydrogen-bond acceptors (Lipinski definition) is 2. The van der Waals surface area contributed by atoms with E-state index in [-0.39, 0.29) is 11.3 Å². The highest BCUT2D eigenvalue weighted by Crippen LogP contribution is 2.34. The average molecular weight is 286 g/mol.